The predicted molar refractivity (Wildman–Crippen MR) is 106 cm³/mol. The van der Waals surface area contributed by atoms with Gasteiger partial charge in [0.05, 0.1) is 6.54 Å². The number of piperazine rings is 1. The minimum Gasteiger partial charge on any atom is -0.335 e. The topological polar surface area (TPSA) is 65.5 Å². The fourth-order valence-electron chi connectivity index (χ4n) is 3.07. The molecule has 0 bridgehead atoms. The van der Waals surface area contributed by atoms with Crippen molar-refractivity contribution < 1.29 is 9.59 Å². The van der Waals surface area contributed by atoms with Crippen molar-refractivity contribution >= 4 is 29.1 Å². The summed E-state index contributed by atoms with van der Waals surface area (Å²) < 4.78 is 0. The SMILES string of the molecule is Cc1cccc(NC(=O)CN2CCN(C(=O)c3cc(Cl)ccn3)CC2)c1C. The Bertz CT molecular complexity index is 848. The molecule has 1 aromatic carbocycles. The van der Waals surface area contributed by atoms with Gasteiger partial charge >= 0.3 is 0 Å². The Morgan fingerprint density at radius 2 is 1.89 bits per heavy atom. The molecule has 2 aromatic rings. The molecular formula is C20H23ClN4O2. The van der Waals surface area contributed by atoms with Crippen molar-refractivity contribution in [2.45, 2.75) is 13.8 Å². The number of hydrogen-bond donors (Lipinski definition) is 1. The number of nitrogens with zero attached hydrogens (tertiary/aromatic N) is 3. The van der Waals surface area contributed by atoms with E-state index in [0.29, 0.717) is 43.4 Å². The summed E-state index contributed by atoms with van der Waals surface area (Å²) in [6, 6.07) is 9.09. The Balaban J connectivity index is 1.51. The van der Waals surface area contributed by atoms with E-state index in [-0.39, 0.29) is 11.8 Å². The number of benzene rings is 1. The van der Waals surface area contributed by atoms with E-state index in [1.165, 1.54) is 6.20 Å². The molecule has 0 radical (unpaired) electrons. The average Bonchev–Trinajstić information content (AvgIpc) is 2.65. The molecule has 0 atom stereocenters. The number of hydrogen-bond acceptors (Lipinski definition) is 4. The fraction of sp³-hybridized carbons (Fsp3) is 0.350. The highest BCUT2D eigenvalue weighted by Crippen LogP contribution is 2.18. The number of nitrogens with one attached hydrogen (secondary N) is 1. The average molecular weight is 387 g/mol. The monoisotopic (exact) mass is 386 g/mol. The molecule has 1 fully saturated rings. The van der Waals surface area contributed by atoms with Crippen LogP contribution in [0.3, 0.4) is 0 Å². The number of aryl methyl sites for hydroxylation is 1. The first-order valence-corrected chi connectivity index (χ1v) is 9.31. The molecule has 2 amide bonds. The highest BCUT2D eigenvalue weighted by Gasteiger charge is 2.24. The predicted octanol–water partition coefficient (Wildman–Crippen LogP) is 2.75. The molecule has 1 saturated heterocycles. The maximum Gasteiger partial charge on any atom is 0.272 e. The van der Waals surface area contributed by atoms with Gasteiger partial charge in [0.15, 0.2) is 0 Å². The van der Waals surface area contributed by atoms with E-state index in [1.807, 2.05) is 32.0 Å². The molecule has 1 aliphatic heterocycles. The molecule has 2 heterocycles. The Kier molecular flexibility index (Phi) is 6.08. The molecular weight excluding hydrogens is 364 g/mol. The van der Waals surface area contributed by atoms with E-state index in [4.69, 9.17) is 11.6 Å². The third kappa shape index (κ3) is 4.84. The molecule has 7 heteroatoms. The maximum absolute atomic E-state index is 12.5. The van der Waals surface area contributed by atoms with E-state index in [9.17, 15) is 9.59 Å². The van der Waals surface area contributed by atoms with Crippen LogP contribution in [0, 0.1) is 13.8 Å². The largest absolute Gasteiger partial charge is 0.335 e. The van der Waals surface area contributed by atoms with E-state index in [0.717, 1.165) is 16.8 Å². The van der Waals surface area contributed by atoms with Crippen LogP contribution < -0.4 is 5.32 Å². The standard InChI is InChI=1S/C20H23ClN4O2/c1-14-4-3-5-17(15(14)2)23-19(26)13-24-8-10-25(11-9-24)20(27)18-12-16(21)6-7-22-18/h3-7,12H,8-11,13H2,1-2H3,(H,23,26). The number of pyridine rings is 1. The lowest BCUT2D eigenvalue weighted by molar-refractivity contribution is -0.117. The summed E-state index contributed by atoms with van der Waals surface area (Å²) in [5.74, 6) is -0.169. The van der Waals surface area contributed by atoms with Crippen LogP contribution in [0.1, 0.15) is 21.6 Å². The van der Waals surface area contributed by atoms with E-state index >= 15 is 0 Å². The van der Waals surface area contributed by atoms with Gasteiger partial charge in [-0.3, -0.25) is 19.5 Å². The Hall–Kier alpha value is -2.44. The molecule has 6 nitrogen and oxygen atoms in total. The van der Waals surface area contributed by atoms with Gasteiger partial charge in [0.1, 0.15) is 5.69 Å². The molecule has 142 valence electrons. The number of halogens is 1. The second-order valence-electron chi connectivity index (χ2n) is 6.72. The summed E-state index contributed by atoms with van der Waals surface area (Å²) in [7, 11) is 0. The van der Waals surface area contributed by atoms with Crippen LogP contribution in [0.25, 0.3) is 0 Å². The zero-order valence-electron chi connectivity index (χ0n) is 15.5. The van der Waals surface area contributed by atoms with E-state index in [1.54, 1.807) is 17.0 Å². The molecule has 1 aromatic heterocycles. The smallest absolute Gasteiger partial charge is 0.272 e. The molecule has 1 aliphatic rings. The van der Waals surface area contributed by atoms with E-state index < -0.39 is 0 Å². The first-order chi connectivity index (χ1) is 12.9. The lowest BCUT2D eigenvalue weighted by Gasteiger charge is -2.34. The van der Waals surface area contributed by atoms with Crippen molar-refractivity contribution in [1.82, 2.24) is 14.8 Å². The first-order valence-electron chi connectivity index (χ1n) is 8.93. The number of aromatic nitrogens is 1. The summed E-state index contributed by atoms with van der Waals surface area (Å²) in [4.78, 5) is 32.7. The van der Waals surface area contributed by atoms with Gasteiger partial charge in [-0.1, -0.05) is 23.7 Å². The van der Waals surface area contributed by atoms with Crippen LogP contribution in [-0.2, 0) is 4.79 Å². The molecule has 1 N–H and O–H groups in total. The molecule has 0 aliphatic carbocycles. The summed E-state index contributed by atoms with van der Waals surface area (Å²) in [6.45, 7) is 6.74. The zero-order valence-corrected chi connectivity index (χ0v) is 16.3. The lowest BCUT2D eigenvalue weighted by Crippen LogP contribution is -2.50. The number of carbonyl (C=O) groups is 2. The van der Waals surface area contributed by atoms with Crippen molar-refractivity contribution in [3.8, 4) is 0 Å². The second kappa shape index (κ2) is 8.50. The normalized spacial score (nSPS) is 14.9. The summed E-state index contributed by atoms with van der Waals surface area (Å²) in [5, 5.41) is 3.47. The van der Waals surface area contributed by atoms with E-state index in [2.05, 4.69) is 15.2 Å². The number of anilines is 1. The third-order valence-electron chi connectivity index (χ3n) is 4.85. The Labute approximate surface area is 164 Å². The molecule has 3 rings (SSSR count). The number of amides is 2. The molecule has 0 saturated carbocycles. The van der Waals surface area contributed by atoms with Gasteiger partial charge in [0.2, 0.25) is 5.91 Å². The number of rotatable bonds is 4. The zero-order chi connectivity index (χ0) is 19.4. The molecule has 0 spiro atoms. The van der Waals surface area contributed by atoms with Crippen molar-refractivity contribution in [2.24, 2.45) is 0 Å². The van der Waals surface area contributed by atoms with Crippen LogP contribution in [0.15, 0.2) is 36.5 Å². The van der Waals surface area contributed by atoms with Gasteiger partial charge in [-0.25, -0.2) is 0 Å². The highest BCUT2D eigenvalue weighted by atomic mass is 35.5. The first kappa shape index (κ1) is 19.3. The molecule has 27 heavy (non-hydrogen) atoms. The van der Waals surface area contributed by atoms with Crippen LogP contribution >= 0.6 is 11.6 Å². The van der Waals surface area contributed by atoms with Gasteiger partial charge in [-0.05, 0) is 43.2 Å². The van der Waals surface area contributed by atoms with Crippen LogP contribution in [0.5, 0.6) is 0 Å². The van der Waals surface area contributed by atoms with Crippen molar-refractivity contribution in [2.75, 3.05) is 38.0 Å². The second-order valence-corrected chi connectivity index (χ2v) is 7.16. The fourth-order valence-corrected chi connectivity index (χ4v) is 3.23. The Morgan fingerprint density at radius 3 is 2.59 bits per heavy atom. The summed E-state index contributed by atoms with van der Waals surface area (Å²) in [6.07, 6.45) is 1.53. The summed E-state index contributed by atoms with van der Waals surface area (Å²) in [5.41, 5.74) is 3.43. The maximum atomic E-state index is 12.5. The minimum absolute atomic E-state index is 0.0417. The van der Waals surface area contributed by atoms with Gasteiger partial charge < -0.3 is 10.2 Å². The van der Waals surface area contributed by atoms with Crippen LogP contribution in [0.4, 0.5) is 5.69 Å². The quantitative estimate of drug-likeness (QED) is 0.877. The van der Waals surface area contributed by atoms with Crippen LogP contribution in [0.2, 0.25) is 5.02 Å². The highest BCUT2D eigenvalue weighted by molar-refractivity contribution is 6.30. The van der Waals surface area contributed by atoms with Gasteiger partial charge in [0, 0.05) is 43.1 Å². The molecule has 0 unspecified atom stereocenters. The van der Waals surface area contributed by atoms with Crippen molar-refractivity contribution in [3.05, 3.63) is 58.4 Å². The van der Waals surface area contributed by atoms with Gasteiger partial charge in [-0.2, -0.15) is 0 Å². The Morgan fingerprint density at radius 1 is 1.15 bits per heavy atom. The van der Waals surface area contributed by atoms with Gasteiger partial charge in [0.25, 0.3) is 5.91 Å². The van der Waals surface area contributed by atoms with Crippen molar-refractivity contribution in [1.29, 1.82) is 0 Å². The van der Waals surface area contributed by atoms with Gasteiger partial charge in [-0.15, -0.1) is 0 Å². The van der Waals surface area contributed by atoms with Crippen LogP contribution in [-0.4, -0.2) is 59.3 Å². The minimum atomic E-state index is -0.128. The van der Waals surface area contributed by atoms with Crippen molar-refractivity contribution in [3.63, 3.8) is 0 Å². The lowest BCUT2D eigenvalue weighted by atomic mass is 10.1. The number of carbonyl (C=O) groups excluding carboxylic acids is 2. The third-order valence-corrected chi connectivity index (χ3v) is 5.08. The summed E-state index contributed by atoms with van der Waals surface area (Å²) >= 11 is 5.93.